The van der Waals surface area contributed by atoms with Gasteiger partial charge in [-0.05, 0) is 55.8 Å². The Kier molecular flexibility index (Phi) is 5.41. The zero-order valence-corrected chi connectivity index (χ0v) is 14.3. The number of carbonyl (C=O) groups excluding carboxylic acids is 1. The van der Waals surface area contributed by atoms with Crippen LogP contribution in [0.5, 0.6) is 5.75 Å². The van der Waals surface area contributed by atoms with Crippen LogP contribution in [0.4, 0.5) is 10.1 Å². The predicted molar refractivity (Wildman–Crippen MR) is 92.4 cm³/mol. The molecule has 0 heterocycles. The number of rotatable bonds is 6. The molecule has 1 amide bonds. The monoisotopic (exact) mass is 345 g/mol. The minimum atomic E-state index is -1.06. The van der Waals surface area contributed by atoms with E-state index in [1.165, 1.54) is 17.0 Å². The molecule has 2 rings (SSSR count). The highest BCUT2D eigenvalue weighted by Crippen LogP contribution is 2.29. The van der Waals surface area contributed by atoms with Crippen molar-refractivity contribution in [1.82, 2.24) is 0 Å². The number of nitrogens with zero attached hydrogens (tertiary/aromatic N) is 1. The molecule has 2 aromatic carbocycles. The molecule has 0 aliphatic carbocycles. The Bertz CT molecular complexity index is 771. The molecule has 0 saturated heterocycles. The van der Waals surface area contributed by atoms with Crippen molar-refractivity contribution in [3.05, 3.63) is 59.9 Å². The van der Waals surface area contributed by atoms with Crippen LogP contribution in [0.2, 0.25) is 0 Å². The van der Waals surface area contributed by atoms with Crippen LogP contribution in [0.25, 0.3) is 0 Å². The molecule has 0 saturated carbocycles. The van der Waals surface area contributed by atoms with Crippen LogP contribution in [-0.2, 0) is 15.0 Å². The number of carbonyl (C=O) groups is 2. The van der Waals surface area contributed by atoms with Crippen LogP contribution in [0.1, 0.15) is 19.4 Å². The van der Waals surface area contributed by atoms with Gasteiger partial charge in [-0.15, -0.1) is 0 Å². The van der Waals surface area contributed by atoms with Gasteiger partial charge in [-0.25, -0.2) is 9.18 Å². The van der Waals surface area contributed by atoms with Crippen molar-refractivity contribution in [2.24, 2.45) is 0 Å². The first-order valence-electron chi connectivity index (χ1n) is 7.70. The summed E-state index contributed by atoms with van der Waals surface area (Å²) in [6.07, 6.45) is 0. The van der Waals surface area contributed by atoms with Gasteiger partial charge in [0, 0.05) is 12.7 Å². The molecule has 1 N–H and O–H groups in total. The van der Waals surface area contributed by atoms with Crippen molar-refractivity contribution in [1.29, 1.82) is 0 Å². The van der Waals surface area contributed by atoms with Crippen molar-refractivity contribution in [2.75, 3.05) is 18.6 Å². The molecule has 0 unspecified atom stereocenters. The van der Waals surface area contributed by atoms with Crippen LogP contribution in [0.15, 0.2) is 48.5 Å². The number of halogens is 1. The lowest BCUT2D eigenvalue weighted by atomic mass is 9.83. The Morgan fingerprint density at radius 3 is 2.36 bits per heavy atom. The summed E-state index contributed by atoms with van der Waals surface area (Å²) in [6, 6.07) is 12.5. The van der Waals surface area contributed by atoms with Gasteiger partial charge in [-0.2, -0.15) is 0 Å². The van der Waals surface area contributed by atoms with Gasteiger partial charge in [-0.1, -0.05) is 12.1 Å². The first-order chi connectivity index (χ1) is 11.7. The van der Waals surface area contributed by atoms with Crippen LogP contribution in [0.3, 0.4) is 0 Å². The molecule has 0 radical (unpaired) electrons. The SMILES string of the molecule is CN(C(=O)C(C)(C)c1cccc(F)c1)c1ccc(OCC(=O)O)cc1. The van der Waals surface area contributed by atoms with Crippen molar-refractivity contribution < 1.29 is 23.8 Å². The Labute approximate surface area is 145 Å². The molecule has 2 aromatic rings. The van der Waals surface area contributed by atoms with E-state index in [4.69, 9.17) is 9.84 Å². The van der Waals surface area contributed by atoms with E-state index in [0.717, 1.165) is 0 Å². The molecule has 0 atom stereocenters. The van der Waals surface area contributed by atoms with E-state index >= 15 is 0 Å². The number of likely N-dealkylation sites (N-methyl/N-ethyl adjacent to an activating group) is 1. The lowest BCUT2D eigenvalue weighted by Gasteiger charge is -2.30. The Hall–Kier alpha value is -2.89. The van der Waals surface area contributed by atoms with Crippen molar-refractivity contribution in [3.8, 4) is 5.75 Å². The van der Waals surface area contributed by atoms with Crippen molar-refractivity contribution in [2.45, 2.75) is 19.3 Å². The highest BCUT2D eigenvalue weighted by molar-refractivity contribution is 6.00. The zero-order valence-electron chi connectivity index (χ0n) is 14.3. The first kappa shape index (κ1) is 18.4. The fourth-order valence-corrected chi connectivity index (χ4v) is 2.45. The van der Waals surface area contributed by atoms with Gasteiger partial charge in [-0.3, -0.25) is 4.79 Å². The van der Waals surface area contributed by atoms with Gasteiger partial charge in [0.2, 0.25) is 5.91 Å². The van der Waals surface area contributed by atoms with Gasteiger partial charge >= 0.3 is 5.97 Å². The van der Waals surface area contributed by atoms with E-state index in [1.807, 2.05) is 0 Å². The highest BCUT2D eigenvalue weighted by Gasteiger charge is 2.33. The van der Waals surface area contributed by atoms with E-state index < -0.39 is 18.0 Å². The molecular weight excluding hydrogens is 325 g/mol. The second-order valence-electron chi connectivity index (χ2n) is 6.18. The van der Waals surface area contributed by atoms with E-state index in [9.17, 15) is 14.0 Å². The summed E-state index contributed by atoms with van der Waals surface area (Å²) in [5, 5.41) is 8.60. The third kappa shape index (κ3) is 4.35. The molecule has 0 aromatic heterocycles. The molecule has 0 bridgehead atoms. The summed E-state index contributed by atoms with van der Waals surface area (Å²) in [5.74, 6) is -1.25. The van der Waals surface area contributed by atoms with Crippen LogP contribution in [0, 0.1) is 5.82 Å². The summed E-state index contributed by atoms with van der Waals surface area (Å²) < 4.78 is 18.5. The largest absolute Gasteiger partial charge is 0.482 e. The number of hydrogen-bond acceptors (Lipinski definition) is 3. The van der Waals surface area contributed by atoms with E-state index in [1.54, 1.807) is 57.3 Å². The van der Waals surface area contributed by atoms with Gasteiger partial charge in [0.05, 0.1) is 5.41 Å². The maximum atomic E-state index is 13.5. The Morgan fingerprint density at radius 2 is 1.80 bits per heavy atom. The normalized spacial score (nSPS) is 11.0. The number of carboxylic acids is 1. The number of carboxylic acid groups (broad SMARTS) is 1. The van der Waals surface area contributed by atoms with E-state index in [-0.39, 0.29) is 11.7 Å². The summed E-state index contributed by atoms with van der Waals surface area (Å²) in [6.45, 7) is 3.05. The molecule has 0 aliphatic heterocycles. The lowest BCUT2D eigenvalue weighted by Crippen LogP contribution is -2.41. The van der Waals surface area contributed by atoms with Gasteiger partial charge < -0.3 is 14.7 Å². The predicted octanol–water partition coefficient (Wildman–Crippen LogP) is 3.23. The van der Waals surface area contributed by atoms with Gasteiger partial charge in [0.15, 0.2) is 6.61 Å². The van der Waals surface area contributed by atoms with E-state index in [2.05, 4.69) is 0 Å². The summed E-state index contributed by atoms with van der Waals surface area (Å²) in [5.41, 5.74) is 0.304. The standard InChI is InChI=1S/C19H20FNO4/c1-19(2,13-5-4-6-14(20)11-13)18(24)21(3)15-7-9-16(10-8-15)25-12-17(22)23/h4-11H,12H2,1-3H3,(H,22,23). The zero-order chi connectivity index (χ0) is 18.6. The maximum absolute atomic E-state index is 13.5. The lowest BCUT2D eigenvalue weighted by molar-refractivity contribution is -0.139. The van der Waals surface area contributed by atoms with E-state index in [0.29, 0.717) is 17.0 Å². The Balaban J connectivity index is 2.17. The fraction of sp³-hybridized carbons (Fsp3) is 0.263. The molecule has 132 valence electrons. The highest BCUT2D eigenvalue weighted by atomic mass is 19.1. The number of hydrogen-bond donors (Lipinski definition) is 1. The van der Waals surface area contributed by atoms with Crippen LogP contribution < -0.4 is 9.64 Å². The summed E-state index contributed by atoms with van der Waals surface area (Å²) in [4.78, 5) is 24.9. The van der Waals surface area contributed by atoms with Crippen LogP contribution >= 0.6 is 0 Å². The molecule has 25 heavy (non-hydrogen) atoms. The quantitative estimate of drug-likeness (QED) is 0.873. The average Bonchev–Trinajstić information content (AvgIpc) is 2.59. The van der Waals surface area contributed by atoms with Crippen molar-refractivity contribution >= 4 is 17.6 Å². The van der Waals surface area contributed by atoms with Gasteiger partial charge in [0.25, 0.3) is 0 Å². The third-order valence-corrected chi connectivity index (χ3v) is 3.97. The molecule has 0 fully saturated rings. The first-order valence-corrected chi connectivity index (χ1v) is 7.70. The number of amides is 1. The number of benzene rings is 2. The third-order valence-electron chi connectivity index (χ3n) is 3.97. The summed E-state index contributed by atoms with van der Waals surface area (Å²) in [7, 11) is 1.64. The topological polar surface area (TPSA) is 66.8 Å². The Morgan fingerprint density at radius 1 is 1.16 bits per heavy atom. The number of anilines is 1. The molecule has 0 spiro atoms. The number of ether oxygens (including phenoxy) is 1. The molecule has 6 heteroatoms. The second kappa shape index (κ2) is 7.34. The fourth-order valence-electron chi connectivity index (χ4n) is 2.45. The maximum Gasteiger partial charge on any atom is 0.341 e. The van der Waals surface area contributed by atoms with Gasteiger partial charge in [0.1, 0.15) is 11.6 Å². The molecular formula is C19H20FNO4. The summed E-state index contributed by atoms with van der Waals surface area (Å²) >= 11 is 0. The second-order valence-corrected chi connectivity index (χ2v) is 6.18. The average molecular weight is 345 g/mol. The molecule has 0 aliphatic rings. The number of aliphatic carboxylic acids is 1. The van der Waals surface area contributed by atoms with Crippen LogP contribution in [-0.4, -0.2) is 30.6 Å². The van der Waals surface area contributed by atoms with Crippen molar-refractivity contribution in [3.63, 3.8) is 0 Å². The smallest absolute Gasteiger partial charge is 0.341 e. The minimum Gasteiger partial charge on any atom is -0.482 e. The minimum absolute atomic E-state index is 0.197. The molecule has 5 nitrogen and oxygen atoms in total.